The third-order valence-corrected chi connectivity index (χ3v) is 1.90. The molecule has 0 saturated heterocycles. The lowest BCUT2D eigenvalue weighted by Crippen LogP contribution is -2.25. The summed E-state index contributed by atoms with van der Waals surface area (Å²) in [4.78, 5) is 10.9. The Balaban J connectivity index is 3.49. The zero-order valence-corrected chi connectivity index (χ0v) is 9.46. The van der Waals surface area contributed by atoms with Crippen LogP contribution in [0.2, 0.25) is 0 Å². The molecule has 0 aliphatic rings. The Bertz CT molecular complexity index is 166. The molecule has 4 nitrogen and oxygen atoms in total. The van der Waals surface area contributed by atoms with Crippen LogP contribution >= 0.6 is 0 Å². The minimum atomic E-state index is -0.598. The van der Waals surface area contributed by atoms with E-state index in [-0.39, 0.29) is 5.60 Å². The van der Waals surface area contributed by atoms with Gasteiger partial charge in [-0.15, -0.1) is 0 Å². The molecule has 0 spiro atoms. The third-order valence-electron chi connectivity index (χ3n) is 1.90. The largest absolute Gasteiger partial charge is 0.508 e. The Morgan fingerprint density at radius 3 is 2.29 bits per heavy atom. The first-order valence-electron chi connectivity index (χ1n) is 4.86. The van der Waals surface area contributed by atoms with Gasteiger partial charge in [-0.05, 0) is 20.3 Å². The second-order valence-electron chi connectivity index (χ2n) is 3.66. The Morgan fingerprint density at radius 1 is 1.21 bits per heavy atom. The predicted octanol–water partition coefficient (Wildman–Crippen LogP) is 2.36. The number of hydrogen-bond donors (Lipinski definition) is 0. The summed E-state index contributed by atoms with van der Waals surface area (Å²) in [5.41, 5.74) is -0.259. The van der Waals surface area contributed by atoms with E-state index in [1.165, 1.54) is 0 Å². The van der Waals surface area contributed by atoms with Crippen LogP contribution in [0.5, 0.6) is 0 Å². The molecule has 0 aromatic heterocycles. The molecular formula is C10H20O4. The fraction of sp³-hybridized carbons (Fsp3) is 0.900. The van der Waals surface area contributed by atoms with Gasteiger partial charge in [-0.25, -0.2) is 4.79 Å². The van der Waals surface area contributed by atoms with Gasteiger partial charge < -0.3 is 14.2 Å². The average Bonchev–Trinajstić information content (AvgIpc) is 2.14. The van der Waals surface area contributed by atoms with E-state index < -0.39 is 6.16 Å². The van der Waals surface area contributed by atoms with E-state index in [4.69, 9.17) is 14.2 Å². The molecule has 0 amide bonds. The first-order chi connectivity index (χ1) is 6.52. The summed E-state index contributed by atoms with van der Waals surface area (Å²) in [5, 5.41) is 0. The number of hydrogen-bond acceptors (Lipinski definition) is 4. The molecule has 0 fully saturated rings. The Kier molecular flexibility index (Phi) is 6.28. The van der Waals surface area contributed by atoms with Gasteiger partial charge >= 0.3 is 6.16 Å². The summed E-state index contributed by atoms with van der Waals surface area (Å²) >= 11 is 0. The van der Waals surface area contributed by atoms with Gasteiger partial charge in [-0.3, -0.25) is 0 Å². The van der Waals surface area contributed by atoms with E-state index in [0.29, 0.717) is 19.6 Å². The van der Waals surface area contributed by atoms with Crippen molar-refractivity contribution in [3.63, 3.8) is 0 Å². The highest BCUT2D eigenvalue weighted by Gasteiger charge is 2.16. The molecule has 14 heavy (non-hydrogen) atoms. The van der Waals surface area contributed by atoms with E-state index in [1.54, 1.807) is 7.11 Å². The monoisotopic (exact) mass is 204 g/mol. The number of carbonyl (C=O) groups excluding carboxylic acids is 1. The van der Waals surface area contributed by atoms with Crippen molar-refractivity contribution < 1.29 is 19.0 Å². The van der Waals surface area contributed by atoms with E-state index in [1.807, 2.05) is 20.8 Å². The second-order valence-corrected chi connectivity index (χ2v) is 3.66. The smallest absolute Gasteiger partial charge is 0.434 e. The molecule has 0 saturated carbocycles. The van der Waals surface area contributed by atoms with Crippen LogP contribution in [-0.4, -0.2) is 32.1 Å². The highest BCUT2D eigenvalue weighted by Crippen LogP contribution is 2.12. The maximum Gasteiger partial charge on any atom is 0.508 e. The fourth-order valence-corrected chi connectivity index (χ4v) is 0.709. The van der Waals surface area contributed by atoms with Gasteiger partial charge in [-0.1, -0.05) is 6.92 Å². The quantitative estimate of drug-likeness (QED) is 0.623. The van der Waals surface area contributed by atoms with Crippen LogP contribution in [0, 0.1) is 0 Å². The molecule has 0 aliphatic carbocycles. The van der Waals surface area contributed by atoms with Crippen molar-refractivity contribution in [3.8, 4) is 0 Å². The molecule has 0 unspecified atom stereocenters. The minimum Gasteiger partial charge on any atom is -0.434 e. The van der Waals surface area contributed by atoms with Crippen LogP contribution in [0.15, 0.2) is 0 Å². The predicted molar refractivity (Wildman–Crippen MR) is 53.3 cm³/mol. The number of ether oxygens (including phenoxy) is 3. The Morgan fingerprint density at radius 2 is 1.79 bits per heavy atom. The molecule has 84 valence electrons. The topological polar surface area (TPSA) is 44.8 Å². The van der Waals surface area contributed by atoms with Gasteiger partial charge in [0, 0.05) is 13.5 Å². The molecule has 4 heteroatoms. The molecule has 0 aromatic rings. The third kappa shape index (κ3) is 6.71. The van der Waals surface area contributed by atoms with Crippen molar-refractivity contribution in [1.82, 2.24) is 0 Å². The highest BCUT2D eigenvalue weighted by molar-refractivity contribution is 5.59. The maximum atomic E-state index is 10.9. The zero-order valence-electron chi connectivity index (χ0n) is 9.46. The average molecular weight is 204 g/mol. The Labute approximate surface area is 85.5 Å². The summed E-state index contributed by atoms with van der Waals surface area (Å²) < 4.78 is 14.7. The standard InChI is InChI=1S/C10H20O4/c1-5-7-13-9(11)14-8-6-10(2,3)12-4/h5-8H2,1-4H3. The van der Waals surface area contributed by atoms with E-state index in [9.17, 15) is 4.79 Å². The van der Waals surface area contributed by atoms with Crippen molar-refractivity contribution >= 4 is 6.16 Å². The number of carbonyl (C=O) groups is 1. The van der Waals surface area contributed by atoms with Gasteiger partial charge in [0.2, 0.25) is 0 Å². The van der Waals surface area contributed by atoms with Crippen LogP contribution in [-0.2, 0) is 14.2 Å². The molecule has 0 heterocycles. The van der Waals surface area contributed by atoms with E-state index in [2.05, 4.69) is 0 Å². The van der Waals surface area contributed by atoms with Crippen molar-refractivity contribution in [2.45, 2.75) is 39.2 Å². The first kappa shape index (κ1) is 13.2. The lowest BCUT2D eigenvalue weighted by molar-refractivity contribution is -0.0100. The summed E-state index contributed by atoms with van der Waals surface area (Å²) in [5.74, 6) is 0. The van der Waals surface area contributed by atoms with Crippen LogP contribution in [0.3, 0.4) is 0 Å². The zero-order chi connectivity index (χ0) is 11.0. The SMILES string of the molecule is CCCOC(=O)OCCC(C)(C)OC. The van der Waals surface area contributed by atoms with Gasteiger partial charge in [0.05, 0.1) is 18.8 Å². The lowest BCUT2D eigenvalue weighted by atomic mass is 10.1. The van der Waals surface area contributed by atoms with Gasteiger partial charge in [0.25, 0.3) is 0 Å². The molecular weight excluding hydrogens is 184 g/mol. The molecule has 0 aliphatic heterocycles. The van der Waals surface area contributed by atoms with Crippen molar-refractivity contribution in [2.75, 3.05) is 20.3 Å². The molecule has 0 atom stereocenters. The molecule has 0 bridgehead atoms. The van der Waals surface area contributed by atoms with Gasteiger partial charge in [0.1, 0.15) is 0 Å². The highest BCUT2D eigenvalue weighted by atomic mass is 16.7. The van der Waals surface area contributed by atoms with Crippen LogP contribution in [0.4, 0.5) is 4.79 Å². The Hall–Kier alpha value is -0.770. The summed E-state index contributed by atoms with van der Waals surface area (Å²) in [7, 11) is 1.63. The molecule has 0 rings (SSSR count). The molecule has 0 aromatic carbocycles. The first-order valence-corrected chi connectivity index (χ1v) is 4.86. The number of methoxy groups -OCH3 is 1. The molecule has 0 radical (unpaired) electrons. The van der Waals surface area contributed by atoms with Crippen LogP contribution < -0.4 is 0 Å². The number of rotatable bonds is 6. The lowest BCUT2D eigenvalue weighted by Gasteiger charge is -2.22. The van der Waals surface area contributed by atoms with Crippen LogP contribution in [0.1, 0.15) is 33.6 Å². The van der Waals surface area contributed by atoms with Crippen molar-refractivity contribution in [2.24, 2.45) is 0 Å². The van der Waals surface area contributed by atoms with Gasteiger partial charge in [-0.2, -0.15) is 0 Å². The maximum absolute atomic E-state index is 10.9. The van der Waals surface area contributed by atoms with Crippen molar-refractivity contribution in [3.05, 3.63) is 0 Å². The summed E-state index contributed by atoms with van der Waals surface area (Å²) in [6.45, 7) is 6.54. The van der Waals surface area contributed by atoms with E-state index in [0.717, 1.165) is 6.42 Å². The fourth-order valence-electron chi connectivity index (χ4n) is 0.709. The minimum absolute atomic E-state index is 0.259. The summed E-state index contributed by atoms with van der Waals surface area (Å²) in [6, 6.07) is 0. The van der Waals surface area contributed by atoms with Gasteiger partial charge in [0.15, 0.2) is 0 Å². The van der Waals surface area contributed by atoms with E-state index >= 15 is 0 Å². The normalized spacial score (nSPS) is 11.1. The summed E-state index contributed by atoms with van der Waals surface area (Å²) in [6.07, 6.45) is 0.863. The van der Waals surface area contributed by atoms with Crippen molar-refractivity contribution in [1.29, 1.82) is 0 Å². The second kappa shape index (κ2) is 6.65. The van der Waals surface area contributed by atoms with Crippen LogP contribution in [0.25, 0.3) is 0 Å². The molecule has 0 N–H and O–H groups in total.